The third-order valence-corrected chi connectivity index (χ3v) is 4.76. The minimum absolute atomic E-state index is 0.106. The number of nitrogens with zero attached hydrogens (tertiary/aromatic N) is 2. The number of nitrogens with one attached hydrogen (secondary N) is 1. The van der Waals surface area contributed by atoms with Gasteiger partial charge in [0.15, 0.2) is 0 Å². The van der Waals surface area contributed by atoms with E-state index in [0.29, 0.717) is 49.2 Å². The number of para-hydroxylation sites is 1. The van der Waals surface area contributed by atoms with Gasteiger partial charge >= 0.3 is 0 Å². The molecule has 6 nitrogen and oxygen atoms in total. The Morgan fingerprint density at radius 1 is 1.36 bits per heavy atom. The molecule has 2 aromatic rings. The summed E-state index contributed by atoms with van der Waals surface area (Å²) in [6.07, 6.45) is -0.00675. The van der Waals surface area contributed by atoms with Gasteiger partial charge in [0.1, 0.15) is 11.5 Å². The molecule has 3 rings (SSSR count). The van der Waals surface area contributed by atoms with E-state index >= 15 is 0 Å². The van der Waals surface area contributed by atoms with Crippen LogP contribution in [0.4, 0.5) is 4.39 Å². The number of aliphatic hydroxyl groups is 2. The van der Waals surface area contributed by atoms with Crippen LogP contribution in [-0.2, 0) is 0 Å². The van der Waals surface area contributed by atoms with Crippen LogP contribution in [0.3, 0.4) is 0 Å². The van der Waals surface area contributed by atoms with Gasteiger partial charge in [0.25, 0.3) is 5.91 Å². The number of aliphatic hydroxyl groups excluding tert-OH is 2. The Kier molecular flexibility index (Phi) is 5.36. The van der Waals surface area contributed by atoms with Gasteiger partial charge in [-0.15, -0.1) is 0 Å². The van der Waals surface area contributed by atoms with Gasteiger partial charge in [-0.05, 0) is 25.0 Å². The van der Waals surface area contributed by atoms with Gasteiger partial charge in [-0.2, -0.15) is 0 Å². The van der Waals surface area contributed by atoms with Crippen LogP contribution in [0.15, 0.2) is 18.2 Å². The number of carbonyl (C=O) groups is 1. The summed E-state index contributed by atoms with van der Waals surface area (Å²) in [5.41, 5.74) is 1.43. The maximum absolute atomic E-state index is 14.0. The van der Waals surface area contributed by atoms with Gasteiger partial charge in [0.05, 0.1) is 11.6 Å². The molecule has 136 valence electrons. The number of rotatable bonds is 4. The highest BCUT2D eigenvalue weighted by molar-refractivity contribution is 6.01. The van der Waals surface area contributed by atoms with Gasteiger partial charge in [-0.25, -0.2) is 4.39 Å². The molecule has 1 saturated heterocycles. The van der Waals surface area contributed by atoms with Crippen LogP contribution >= 0.6 is 0 Å². The molecule has 1 aliphatic rings. The molecule has 0 spiro atoms. The molecule has 1 aliphatic heterocycles. The predicted octanol–water partition coefficient (Wildman–Crippen LogP) is 1.12. The van der Waals surface area contributed by atoms with E-state index in [1.807, 2.05) is 4.90 Å². The topological polar surface area (TPSA) is 79.8 Å². The Morgan fingerprint density at radius 3 is 2.88 bits per heavy atom. The first kappa shape index (κ1) is 17.8. The van der Waals surface area contributed by atoms with Crippen molar-refractivity contribution in [3.8, 4) is 0 Å². The minimum atomic E-state index is -0.647. The van der Waals surface area contributed by atoms with Gasteiger partial charge in [-0.3, -0.25) is 9.69 Å². The lowest BCUT2D eigenvalue weighted by Gasteiger charge is -2.21. The van der Waals surface area contributed by atoms with Crippen LogP contribution in [0.2, 0.25) is 0 Å². The zero-order chi connectivity index (χ0) is 18.0. The first-order chi connectivity index (χ1) is 12.0. The summed E-state index contributed by atoms with van der Waals surface area (Å²) in [7, 11) is 0. The molecule has 7 heteroatoms. The Hall–Kier alpha value is -1.96. The summed E-state index contributed by atoms with van der Waals surface area (Å²) in [6, 6.07) is 4.78. The first-order valence-corrected chi connectivity index (χ1v) is 8.58. The lowest BCUT2D eigenvalue weighted by molar-refractivity contribution is 0.0658. The normalized spacial score (nSPS) is 19.4. The summed E-state index contributed by atoms with van der Waals surface area (Å²) in [5, 5.41) is 19.9. The Bertz CT molecular complexity index is 761. The number of aromatic amines is 1. The van der Waals surface area contributed by atoms with Crippen LogP contribution in [0.25, 0.3) is 10.9 Å². The Morgan fingerprint density at radius 2 is 2.16 bits per heavy atom. The van der Waals surface area contributed by atoms with E-state index in [9.17, 15) is 14.3 Å². The standard InChI is InChI=1S/C18H24FN3O3/c1-12-14-4-2-5-15(19)17(14)20-16(12)18(25)22-8-7-21(6-3-9-23)10-13(24)11-22/h2,4-5,13,20,23-24H,3,6-11H2,1H3/t13-/m0/s1. The van der Waals surface area contributed by atoms with Crippen molar-refractivity contribution in [2.45, 2.75) is 19.4 Å². The molecule has 0 bridgehead atoms. The number of β-amino-alcohol motifs (C(OH)–C–C–N with tert-alkyl or cyclic N) is 1. The SMILES string of the molecule is Cc1c(C(=O)N2CCN(CCCO)C[C@H](O)C2)[nH]c2c(F)cccc12. The van der Waals surface area contributed by atoms with Crippen LogP contribution < -0.4 is 0 Å². The van der Waals surface area contributed by atoms with Crippen molar-refractivity contribution < 1.29 is 19.4 Å². The van der Waals surface area contributed by atoms with E-state index in [2.05, 4.69) is 4.98 Å². The summed E-state index contributed by atoms with van der Waals surface area (Å²) in [4.78, 5) is 19.5. The van der Waals surface area contributed by atoms with Crippen LogP contribution in [0, 0.1) is 12.7 Å². The minimum Gasteiger partial charge on any atom is -0.396 e. The molecule has 25 heavy (non-hydrogen) atoms. The number of aryl methyl sites for hydroxylation is 1. The molecule has 0 unspecified atom stereocenters. The highest BCUT2D eigenvalue weighted by Crippen LogP contribution is 2.25. The van der Waals surface area contributed by atoms with E-state index in [4.69, 9.17) is 5.11 Å². The van der Waals surface area contributed by atoms with Gasteiger partial charge in [0, 0.05) is 44.7 Å². The molecule has 0 aliphatic carbocycles. The molecule has 1 fully saturated rings. The lowest BCUT2D eigenvalue weighted by Crippen LogP contribution is -2.38. The molecule has 2 heterocycles. The lowest BCUT2D eigenvalue weighted by atomic mass is 10.1. The Labute approximate surface area is 145 Å². The van der Waals surface area contributed by atoms with Crippen LogP contribution in [0.5, 0.6) is 0 Å². The van der Waals surface area contributed by atoms with E-state index < -0.39 is 6.10 Å². The third-order valence-electron chi connectivity index (χ3n) is 4.76. The summed E-state index contributed by atoms with van der Waals surface area (Å²) >= 11 is 0. The molecule has 0 radical (unpaired) electrons. The fraction of sp³-hybridized carbons (Fsp3) is 0.500. The fourth-order valence-electron chi connectivity index (χ4n) is 3.43. The number of halogens is 1. The Balaban J connectivity index is 1.81. The molecule has 1 amide bonds. The van der Waals surface area contributed by atoms with Gasteiger partial charge in [-0.1, -0.05) is 12.1 Å². The second-order valence-electron chi connectivity index (χ2n) is 6.57. The molecule has 3 N–H and O–H groups in total. The number of hydrogen-bond donors (Lipinski definition) is 3. The molecule has 1 aromatic carbocycles. The highest BCUT2D eigenvalue weighted by atomic mass is 19.1. The number of fused-ring (bicyclic) bond motifs is 1. The molecule has 1 atom stereocenters. The number of carbonyl (C=O) groups excluding carboxylic acids is 1. The maximum Gasteiger partial charge on any atom is 0.270 e. The number of H-pyrrole nitrogens is 1. The van der Waals surface area contributed by atoms with Gasteiger partial charge < -0.3 is 20.1 Å². The van der Waals surface area contributed by atoms with Crippen molar-refractivity contribution in [2.24, 2.45) is 0 Å². The molecule has 1 aromatic heterocycles. The van der Waals surface area contributed by atoms with E-state index in [-0.39, 0.29) is 24.9 Å². The third kappa shape index (κ3) is 3.68. The number of benzene rings is 1. The monoisotopic (exact) mass is 349 g/mol. The van der Waals surface area contributed by atoms with Crippen molar-refractivity contribution in [3.63, 3.8) is 0 Å². The number of amides is 1. The zero-order valence-corrected chi connectivity index (χ0v) is 14.3. The van der Waals surface area contributed by atoms with E-state index in [1.165, 1.54) is 6.07 Å². The average Bonchev–Trinajstić information content (AvgIpc) is 2.81. The molecular formula is C18H24FN3O3. The van der Waals surface area contributed by atoms with Gasteiger partial charge in [0.2, 0.25) is 0 Å². The van der Waals surface area contributed by atoms with Crippen LogP contribution in [0.1, 0.15) is 22.5 Å². The van der Waals surface area contributed by atoms with E-state index in [0.717, 1.165) is 5.56 Å². The maximum atomic E-state index is 14.0. The summed E-state index contributed by atoms with van der Waals surface area (Å²) < 4.78 is 14.0. The van der Waals surface area contributed by atoms with Crippen molar-refractivity contribution >= 4 is 16.8 Å². The zero-order valence-electron chi connectivity index (χ0n) is 14.3. The summed E-state index contributed by atoms with van der Waals surface area (Å²) in [5.74, 6) is -0.609. The second kappa shape index (κ2) is 7.51. The average molecular weight is 349 g/mol. The van der Waals surface area contributed by atoms with Crippen molar-refractivity contribution in [3.05, 3.63) is 35.3 Å². The predicted molar refractivity (Wildman–Crippen MR) is 93.0 cm³/mol. The number of hydrogen-bond acceptors (Lipinski definition) is 4. The smallest absolute Gasteiger partial charge is 0.270 e. The van der Waals surface area contributed by atoms with Crippen LogP contribution in [-0.4, -0.2) is 76.3 Å². The second-order valence-corrected chi connectivity index (χ2v) is 6.57. The highest BCUT2D eigenvalue weighted by Gasteiger charge is 2.27. The summed E-state index contributed by atoms with van der Waals surface area (Å²) in [6.45, 7) is 4.43. The number of aromatic nitrogens is 1. The fourth-order valence-corrected chi connectivity index (χ4v) is 3.43. The molecule has 0 saturated carbocycles. The quantitative estimate of drug-likeness (QED) is 0.773. The van der Waals surface area contributed by atoms with E-state index in [1.54, 1.807) is 24.0 Å². The van der Waals surface area contributed by atoms with Crippen molar-refractivity contribution in [1.29, 1.82) is 0 Å². The first-order valence-electron chi connectivity index (χ1n) is 8.58. The van der Waals surface area contributed by atoms with Crippen molar-refractivity contribution in [2.75, 3.05) is 39.3 Å². The largest absolute Gasteiger partial charge is 0.396 e. The molecular weight excluding hydrogens is 325 g/mol. The van der Waals surface area contributed by atoms with Crippen molar-refractivity contribution in [1.82, 2.24) is 14.8 Å².